The van der Waals surface area contributed by atoms with Gasteiger partial charge >= 0.3 is 0 Å². The van der Waals surface area contributed by atoms with Crippen LogP contribution in [0.1, 0.15) is 11.1 Å². The molecule has 1 aromatic heterocycles. The normalized spacial score (nSPS) is 10.3. The summed E-state index contributed by atoms with van der Waals surface area (Å²) in [5.41, 5.74) is 5.07. The SMILES string of the molecule is Cc1ccc(NCc2ccsc2)cc1N(C)C. The zero-order valence-electron chi connectivity index (χ0n) is 10.5. The van der Waals surface area contributed by atoms with Crippen molar-refractivity contribution in [1.82, 2.24) is 0 Å². The molecule has 2 rings (SSSR count). The number of benzene rings is 1. The summed E-state index contributed by atoms with van der Waals surface area (Å²) in [5, 5.41) is 7.73. The number of rotatable bonds is 4. The maximum Gasteiger partial charge on any atom is 0.0411 e. The van der Waals surface area contributed by atoms with Crippen molar-refractivity contribution in [1.29, 1.82) is 0 Å². The Bertz CT molecular complexity index is 475. The van der Waals surface area contributed by atoms with Gasteiger partial charge in [-0.2, -0.15) is 11.3 Å². The summed E-state index contributed by atoms with van der Waals surface area (Å²) < 4.78 is 0. The fourth-order valence-electron chi connectivity index (χ4n) is 1.80. The molecule has 0 unspecified atom stereocenters. The Labute approximate surface area is 107 Å². The smallest absolute Gasteiger partial charge is 0.0411 e. The van der Waals surface area contributed by atoms with Crippen LogP contribution in [0.2, 0.25) is 0 Å². The van der Waals surface area contributed by atoms with Crippen molar-refractivity contribution < 1.29 is 0 Å². The van der Waals surface area contributed by atoms with Crippen molar-refractivity contribution >= 4 is 22.7 Å². The van der Waals surface area contributed by atoms with E-state index in [1.54, 1.807) is 11.3 Å². The van der Waals surface area contributed by atoms with Crippen LogP contribution in [0, 0.1) is 6.92 Å². The first kappa shape index (κ1) is 12.0. The molecule has 0 spiro atoms. The maximum atomic E-state index is 3.45. The molecule has 2 aromatic rings. The molecule has 0 radical (unpaired) electrons. The second kappa shape index (κ2) is 5.23. The highest BCUT2D eigenvalue weighted by Crippen LogP contribution is 2.23. The lowest BCUT2D eigenvalue weighted by molar-refractivity contribution is 1.11. The Morgan fingerprint density at radius 2 is 2.06 bits per heavy atom. The standard InChI is InChI=1S/C14H18N2S/c1-11-4-5-13(8-14(11)16(2)3)15-9-12-6-7-17-10-12/h4-8,10,15H,9H2,1-3H3. The van der Waals surface area contributed by atoms with Gasteiger partial charge in [0, 0.05) is 32.0 Å². The molecule has 0 saturated heterocycles. The summed E-state index contributed by atoms with van der Waals surface area (Å²) in [6.07, 6.45) is 0. The maximum absolute atomic E-state index is 3.45. The van der Waals surface area contributed by atoms with Crippen molar-refractivity contribution in [3.05, 3.63) is 46.2 Å². The number of thiophene rings is 1. The van der Waals surface area contributed by atoms with Crippen molar-refractivity contribution in [2.45, 2.75) is 13.5 Å². The predicted octanol–water partition coefficient (Wildman–Crippen LogP) is 3.73. The van der Waals surface area contributed by atoms with E-state index >= 15 is 0 Å². The molecular weight excluding hydrogens is 228 g/mol. The zero-order chi connectivity index (χ0) is 12.3. The monoisotopic (exact) mass is 246 g/mol. The van der Waals surface area contributed by atoms with E-state index < -0.39 is 0 Å². The van der Waals surface area contributed by atoms with E-state index in [4.69, 9.17) is 0 Å². The van der Waals surface area contributed by atoms with Crippen LogP contribution in [-0.2, 0) is 6.54 Å². The number of nitrogens with one attached hydrogen (secondary N) is 1. The minimum atomic E-state index is 0.888. The first-order valence-electron chi connectivity index (χ1n) is 5.70. The molecule has 0 saturated carbocycles. The third kappa shape index (κ3) is 3.01. The van der Waals surface area contributed by atoms with E-state index in [2.05, 4.69) is 66.3 Å². The Morgan fingerprint density at radius 3 is 2.71 bits per heavy atom. The Morgan fingerprint density at radius 1 is 1.24 bits per heavy atom. The van der Waals surface area contributed by atoms with Crippen LogP contribution in [0.25, 0.3) is 0 Å². The summed E-state index contributed by atoms with van der Waals surface area (Å²) in [6, 6.07) is 8.64. The van der Waals surface area contributed by atoms with Crippen molar-refractivity contribution in [3.63, 3.8) is 0 Å². The lowest BCUT2D eigenvalue weighted by atomic mass is 10.1. The van der Waals surface area contributed by atoms with Crippen molar-refractivity contribution in [2.75, 3.05) is 24.3 Å². The summed E-state index contributed by atoms with van der Waals surface area (Å²) in [6.45, 7) is 3.03. The number of anilines is 2. The fourth-order valence-corrected chi connectivity index (χ4v) is 2.47. The Kier molecular flexibility index (Phi) is 3.69. The van der Waals surface area contributed by atoms with Crippen LogP contribution in [0.5, 0.6) is 0 Å². The van der Waals surface area contributed by atoms with Gasteiger partial charge in [-0.1, -0.05) is 6.07 Å². The average Bonchev–Trinajstić information content (AvgIpc) is 2.80. The number of hydrogen-bond donors (Lipinski definition) is 1. The lowest BCUT2D eigenvalue weighted by Crippen LogP contribution is -2.10. The molecule has 1 heterocycles. The first-order chi connectivity index (χ1) is 8.16. The lowest BCUT2D eigenvalue weighted by Gasteiger charge is -2.17. The van der Waals surface area contributed by atoms with Gasteiger partial charge in [0.1, 0.15) is 0 Å². The summed E-state index contributed by atoms with van der Waals surface area (Å²) in [5.74, 6) is 0. The van der Waals surface area contributed by atoms with E-state index in [1.807, 2.05) is 0 Å². The molecule has 3 heteroatoms. The quantitative estimate of drug-likeness (QED) is 0.884. The van der Waals surface area contributed by atoms with Gasteiger partial charge in [0.15, 0.2) is 0 Å². The minimum absolute atomic E-state index is 0.888. The van der Waals surface area contributed by atoms with Gasteiger partial charge in [-0.05, 0) is 47.0 Å². The predicted molar refractivity (Wildman–Crippen MR) is 77.2 cm³/mol. The van der Waals surface area contributed by atoms with E-state index in [-0.39, 0.29) is 0 Å². The van der Waals surface area contributed by atoms with Crippen LogP contribution >= 0.6 is 11.3 Å². The van der Waals surface area contributed by atoms with Crippen molar-refractivity contribution in [3.8, 4) is 0 Å². The highest BCUT2D eigenvalue weighted by atomic mass is 32.1. The van der Waals surface area contributed by atoms with E-state index in [9.17, 15) is 0 Å². The van der Waals surface area contributed by atoms with Crippen LogP contribution in [0.3, 0.4) is 0 Å². The molecule has 2 nitrogen and oxygen atoms in total. The van der Waals surface area contributed by atoms with E-state index in [0.29, 0.717) is 0 Å². The largest absolute Gasteiger partial charge is 0.381 e. The Hall–Kier alpha value is -1.48. The van der Waals surface area contributed by atoms with Gasteiger partial charge in [0.2, 0.25) is 0 Å². The van der Waals surface area contributed by atoms with Crippen LogP contribution in [-0.4, -0.2) is 14.1 Å². The minimum Gasteiger partial charge on any atom is -0.381 e. The summed E-state index contributed by atoms with van der Waals surface area (Å²) in [7, 11) is 4.15. The van der Waals surface area contributed by atoms with E-state index in [1.165, 1.54) is 22.5 Å². The summed E-state index contributed by atoms with van der Waals surface area (Å²) in [4.78, 5) is 2.14. The molecular formula is C14H18N2S. The average molecular weight is 246 g/mol. The number of aryl methyl sites for hydroxylation is 1. The highest BCUT2D eigenvalue weighted by molar-refractivity contribution is 7.07. The molecule has 0 aliphatic carbocycles. The van der Waals surface area contributed by atoms with Gasteiger partial charge in [0.25, 0.3) is 0 Å². The van der Waals surface area contributed by atoms with E-state index in [0.717, 1.165) is 6.54 Å². The molecule has 17 heavy (non-hydrogen) atoms. The van der Waals surface area contributed by atoms with Crippen LogP contribution in [0.15, 0.2) is 35.0 Å². The second-order valence-electron chi connectivity index (χ2n) is 4.38. The van der Waals surface area contributed by atoms with Gasteiger partial charge in [0.05, 0.1) is 0 Å². The molecule has 0 amide bonds. The summed E-state index contributed by atoms with van der Waals surface area (Å²) >= 11 is 1.74. The molecule has 1 N–H and O–H groups in total. The third-order valence-corrected chi connectivity index (χ3v) is 3.50. The molecule has 0 bridgehead atoms. The Balaban J connectivity index is 2.09. The third-order valence-electron chi connectivity index (χ3n) is 2.77. The molecule has 0 aliphatic rings. The molecule has 90 valence electrons. The van der Waals surface area contributed by atoms with Crippen LogP contribution < -0.4 is 10.2 Å². The first-order valence-corrected chi connectivity index (χ1v) is 6.64. The molecule has 0 atom stereocenters. The highest BCUT2D eigenvalue weighted by Gasteiger charge is 2.02. The van der Waals surface area contributed by atoms with Gasteiger partial charge in [-0.25, -0.2) is 0 Å². The molecule has 0 fully saturated rings. The van der Waals surface area contributed by atoms with Gasteiger partial charge < -0.3 is 10.2 Å². The van der Waals surface area contributed by atoms with Gasteiger partial charge in [-0.3, -0.25) is 0 Å². The molecule has 1 aromatic carbocycles. The number of hydrogen-bond acceptors (Lipinski definition) is 3. The van der Waals surface area contributed by atoms with Gasteiger partial charge in [-0.15, -0.1) is 0 Å². The van der Waals surface area contributed by atoms with Crippen molar-refractivity contribution in [2.24, 2.45) is 0 Å². The fraction of sp³-hybridized carbons (Fsp3) is 0.286. The van der Waals surface area contributed by atoms with Crippen LogP contribution in [0.4, 0.5) is 11.4 Å². The second-order valence-corrected chi connectivity index (χ2v) is 5.16. The topological polar surface area (TPSA) is 15.3 Å². The number of nitrogens with zero attached hydrogens (tertiary/aromatic N) is 1. The molecule has 0 aliphatic heterocycles. The zero-order valence-corrected chi connectivity index (χ0v) is 11.3.